The van der Waals surface area contributed by atoms with E-state index in [1.54, 1.807) is 0 Å². The second-order valence-corrected chi connectivity index (χ2v) is 15.4. The smallest absolute Gasteiger partial charge is 0.143 e. The van der Waals surface area contributed by atoms with E-state index >= 15 is 0 Å². The molecule has 0 fully saturated rings. The third-order valence-electron chi connectivity index (χ3n) is 12.3. The molecule has 274 valence electrons. The van der Waals surface area contributed by atoms with Crippen LogP contribution < -0.4 is 4.74 Å². The third kappa shape index (κ3) is 4.58. The molecule has 0 radical (unpaired) electrons. The van der Waals surface area contributed by atoms with E-state index in [0.717, 1.165) is 111 Å². The molecular weight excluding hydrogens is 721 g/mol. The molecule has 3 heterocycles. The Labute approximate surface area is 339 Å². The molecule has 3 heteroatoms. The van der Waals surface area contributed by atoms with Gasteiger partial charge in [0, 0.05) is 54.9 Å². The predicted molar refractivity (Wildman–Crippen MR) is 243 cm³/mol. The first-order chi connectivity index (χ1) is 29.3. The molecule has 0 saturated heterocycles. The lowest BCUT2D eigenvalue weighted by atomic mass is 9.81. The first-order valence-corrected chi connectivity index (χ1v) is 20.1. The molecular formula is C56H32O3. The zero-order valence-electron chi connectivity index (χ0n) is 31.7. The topological polar surface area (TPSA) is 35.5 Å². The monoisotopic (exact) mass is 752 g/mol. The van der Waals surface area contributed by atoms with Crippen LogP contribution in [0.2, 0.25) is 0 Å². The zero-order valence-corrected chi connectivity index (χ0v) is 31.7. The highest BCUT2D eigenvalue weighted by Crippen LogP contribution is 2.54. The summed E-state index contributed by atoms with van der Waals surface area (Å²) in [5, 5.41) is 9.03. The van der Waals surface area contributed by atoms with Crippen LogP contribution in [0.1, 0.15) is 0 Å². The fourth-order valence-corrected chi connectivity index (χ4v) is 9.85. The van der Waals surface area contributed by atoms with Gasteiger partial charge < -0.3 is 13.6 Å². The Morgan fingerprint density at radius 3 is 1.42 bits per heavy atom. The average Bonchev–Trinajstić information content (AvgIpc) is 3.84. The number of furan rings is 2. The molecule has 0 spiro atoms. The van der Waals surface area contributed by atoms with Gasteiger partial charge in [-0.25, -0.2) is 0 Å². The second-order valence-electron chi connectivity index (χ2n) is 15.4. The van der Waals surface area contributed by atoms with Gasteiger partial charge >= 0.3 is 0 Å². The molecule has 13 rings (SSSR count). The van der Waals surface area contributed by atoms with Gasteiger partial charge in [-0.3, -0.25) is 0 Å². The van der Waals surface area contributed by atoms with E-state index in [9.17, 15) is 0 Å². The molecule has 2 aromatic heterocycles. The van der Waals surface area contributed by atoms with Gasteiger partial charge in [0.1, 0.15) is 33.8 Å². The summed E-state index contributed by atoms with van der Waals surface area (Å²) in [6, 6.07) is 68.9. The predicted octanol–water partition coefficient (Wildman–Crippen LogP) is 16.2. The number of para-hydroxylation sites is 5. The van der Waals surface area contributed by atoms with Gasteiger partial charge in [0.25, 0.3) is 0 Å². The van der Waals surface area contributed by atoms with E-state index in [1.807, 2.05) is 24.3 Å². The Morgan fingerprint density at radius 2 is 0.695 bits per heavy atom. The van der Waals surface area contributed by atoms with Gasteiger partial charge in [0.2, 0.25) is 0 Å². The van der Waals surface area contributed by atoms with E-state index in [1.165, 1.54) is 21.9 Å². The van der Waals surface area contributed by atoms with Crippen LogP contribution in [0, 0.1) is 0 Å². The van der Waals surface area contributed by atoms with Crippen LogP contribution in [0.3, 0.4) is 0 Å². The molecule has 0 unspecified atom stereocenters. The van der Waals surface area contributed by atoms with Crippen molar-refractivity contribution >= 4 is 65.4 Å². The van der Waals surface area contributed by atoms with E-state index in [2.05, 4.69) is 170 Å². The Morgan fingerprint density at radius 1 is 0.237 bits per heavy atom. The molecule has 0 bridgehead atoms. The Kier molecular flexibility index (Phi) is 6.72. The molecule has 1 aliphatic heterocycles. The molecule has 0 atom stereocenters. The number of fused-ring (bicyclic) bond motifs is 13. The minimum absolute atomic E-state index is 0.849. The highest BCUT2D eigenvalue weighted by Gasteiger charge is 2.27. The lowest BCUT2D eigenvalue weighted by Gasteiger charge is -2.21. The number of benzene rings is 10. The van der Waals surface area contributed by atoms with Crippen molar-refractivity contribution in [2.45, 2.75) is 0 Å². The molecule has 1 aliphatic rings. The summed E-state index contributed by atoms with van der Waals surface area (Å²) >= 11 is 0. The van der Waals surface area contributed by atoms with E-state index in [4.69, 9.17) is 13.6 Å². The maximum atomic E-state index is 7.00. The second kappa shape index (κ2) is 12.3. The fraction of sp³-hybridized carbons (Fsp3) is 0. The number of rotatable bonds is 3. The third-order valence-corrected chi connectivity index (χ3v) is 12.3. The zero-order chi connectivity index (χ0) is 38.6. The van der Waals surface area contributed by atoms with E-state index in [-0.39, 0.29) is 0 Å². The summed E-state index contributed by atoms with van der Waals surface area (Å²) in [4.78, 5) is 0. The maximum Gasteiger partial charge on any atom is 0.143 e. The SMILES string of the molecule is c1ccc2c(c1)Oc1ccccc1-c1c-2cccc1-c1c2ccccc2c(-c2ccc(-c3cccc4c3oc3ccccc34)c3c2oc2ccccc23)c2ccccc12. The summed E-state index contributed by atoms with van der Waals surface area (Å²) in [5.41, 5.74) is 14.6. The van der Waals surface area contributed by atoms with Crippen molar-refractivity contribution in [2.75, 3.05) is 0 Å². The van der Waals surface area contributed by atoms with Crippen LogP contribution in [-0.2, 0) is 0 Å². The first kappa shape index (κ1) is 32.2. The Hall–Kier alpha value is -7.88. The number of hydrogen-bond acceptors (Lipinski definition) is 3. The van der Waals surface area contributed by atoms with Crippen LogP contribution in [0.25, 0.3) is 121 Å². The Bertz CT molecular complexity index is 3660. The van der Waals surface area contributed by atoms with Gasteiger partial charge in [-0.15, -0.1) is 0 Å². The summed E-state index contributed by atoms with van der Waals surface area (Å²) in [6.07, 6.45) is 0. The van der Waals surface area contributed by atoms with Crippen LogP contribution in [0.5, 0.6) is 11.5 Å². The van der Waals surface area contributed by atoms with Crippen molar-refractivity contribution in [3.8, 4) is 67.1 Å². The first-order valence-electron chi connectivity index (χ1n) is 20.1. The van der Waals surface area contributed by atoms with Gasteiger partial charge in [-0.1, -0.05) is 164 Å². The minimum Gasteiger partial charge on any atom is -0.456 e. The van der Waals surface area contributed by atoms with Crippen LogP contribution in [0.15, 0.2) is 203 Å². The summed E-state index contributed by atoms with van der Waals surface area (Å²) in [6.45, 7) is 0. The lowest BCUT2D eigenvalue weighted by molar-refractivity contribution is 0.488. The van der Waals surface area contributed by atoms with Crippen LogP contribution in [-0.4, -0.2) is 0 Å². The van der Waals surface area contributed by atoms with Crippen molar-refractivity contribution < 1.29 is 13.6 Å². The van der Waals surface area contributed by atoms with Crippen molar-refractivity contribution in [2.24, 2.45) is 0 Å². The normalized spacial score (nSPS) is 12.2. The molecule has 0 N–H and O–H groups in total. The fourth-order valence-electron chi connectivity index (χ4n) is 9.85. The van der Waals surface area contributed by atoms with Crippen LogP contribution >= 0.6 is 0 Å². The molecule has 3 nitrogen and oxygen atoms in total. The highest BCUT2D eigenvalue weighted by atomic mass is 16.5. The highest BCUT2D eigenvalue weighted by molar-refractivity contribution is 6.27. The van der Waals surface area contributed by atoms with E-state index < -0.39 is 0 Å². The largest absolute Gasteiger partial charge is 0.456 e. The number of hydrogen-bond donors (Lipinski definition) is 0. The summed E-state index contributed by atoms with van der Waals surface area (Å²) in [7, 11) is 0. The van der Waals surface area contributed by atoms with Gasteiger partial charge in [0.05, 0.1) is 0 Å². The number of ether oxygens (including phenoxy) is 1. The van der Waals surface area contributed by atoms with Crippen molar-refractivity contribution in [3.63, 3.8) is 0 Å². The van der Waals surface area contributed by atoms with Gasteiger partial charge in [-0.2, -0.15) is 0 Å². The van der Waals surface area contributed by atoms with Gasteiger partial charge in [-0.05, 0) is 74.1 Å². The quantitative estimate of drug-likeness (QED) is 0.169. The standard InChI is InChI=1S/C56H32O3/c1-3-19-38-36(17-1)51(45-26-13-23-35-33-15-5-9-27-47(33)57-49-29-11-7-21-43(49)53(35)45)37-18-2-4-20-39(37)52(38)46-32-31-40(54-44-22-8-12-30-50(44)59-56(46)54)42-25-14-24-41-34-16-6-10-28-48(34)58-55(41)42/h1-32H. The molecule has 0 aliphatic carbocycles. The lowest BCUT2D eigenvalue weighted by Crippen LogP contribution is -1.94. The van der Waals surface area contributed by atoms with Gasteiger partial charge in [0.15, 0.2) is 0 Å². The summed E-state index contributed by atoms with van der Waals surface area (Å²) < 4.78 is 20.3. The van der Waals surface area contributed by atoms with Crippen molar-refractivity contribution in [1.29, 1.82) is 0 Å². The molecule has 10 aromatic carbocycles. The van der Waals surface area contributed by atoms with Crippen LogP contribution in [0.4, 0.5) is 0 Å². The minimum atomic E-state index is 0.849. The summed E-state index contributed by atoms with van der Waals surface area (Å²) in [5.74, 6) is 1.71. The molecule has 0 saturated carbocycles. The Balaban J connectivity index is 1.13. The molecule has 59 heavy (non-hydrogen) atoms. The molecule has 12 aromatic rings. The van der Waals surface area contributed by atoms with Crippen molar-refractivity contribution in [1.82, 2.24) is 0 Å². The van der Waals surface area contributed by atoms with E-state index in [0.29, 0.717) is 0 Å². The average molecular weight is 753 g/mol. The van der Waals surface area contributed by atoms with Crippen molar-refractivity contribution in [3.05, 3.63) is 194 Å². The maximum absolute atomic E-state index is 7.00. The molecule has 0 amide bonds.